The highest BCUT2D eigenvalue weighted by Gasteiger charge is 2.32. The lowest BCUT2D eigenvalue weighted by atomic mass is 10.1. The fraction of sp³-hybridized carbons (Fsp3) is 0.417. The van der Waals surface area contributed by atoms with Crippen molar-refractivity contribution in [2.75, 3.05) is 31.2 Å². The Morgan fingerprint density at radius 3 is 2.50 bits per heavy atom. The highest BCUT2D eigenvalue weighted by molar-refractivity contribution is 5.95. The number of nitrogens with zero attached hydrogens (tertiary/aromatic N) is 1. The molecule has 1 heterocycles. The number of benzene rings is 1. The zero-order valence-corrected chi connectivity index (χ0v) is 10.3. The first-order valence-electron chi connectivity index (χ1n) is 5.82. The van der Waals surface area contributed by atoms with Crippen LogP contribution in [0.4, 0.5) is 18.9 Å². The Balaban J connectivity index is 2.30. The van der Waals surface area contributed by atoms with Crippen molar-refractivity contribution < 1.29 is 32.5 Å². The Labute approximate surface area is 112 Å². The summed E-state index contributed by atoms with van der Waals surface area (Å²) < 4.78 is 45.3. The average Bonchev–Trinajstić information content (AvgIpc) is 2.37. The summed E-state index contributed by atoms with van der Waals surface area (Å²) in [5.74, 6) is -1.86. The van der Waals surface area contributed by atoms with E-state index >= 15 is 0 Å². The van der Waals surface area contributed by atoms with Crippen LogP contribution >= 0.6 is 0 Å². The Bertz CT molecular complexity index is 498. The summed E-state index contributed by atoms with van der Waals surface area (Å²) in [7, 11) is 0. The average molecular weight is 291 g/mol. The van der Waals surface area contributed by atoms with Gasteiger partial charge in [0, 0.05) is 13.1 Å². The van der Waals surface area contributed by atoms with E-state index < -0.39 is 18.1 Å². The second kappa shape index (κ2) is 5.58. The van der Waals surface area contributed by atoms with Gasteiger partial charge in [0.15, 0.2) is 0 Å². The van der Waals surface area contributed by atoms with Gasteiger partial charge in [-0.15, -0.1) is 13.2 Å². The van der Waals surface area contributed by atoms with Crippen LogP contribution in [0, 0.1) is 0 Å². The van der Waals surface area contributed by atoms with Crippen LogP contribution < -0.4 is 9.64 Å². The zero-order chi connectivity index (χ0) is 14.8. The molecule has 0 unspecified atom stereocenters. The van der Waals surface area contributed by atoms with Crippen LogP contribution in [0.15, 0.2) is 18.2 Å². The van der Waals surface area contributed by atoms with Gasteiger partial charge in [-0.25, -0.2) is 4.79 Å². The third-order valence-corrected chi connectivity index (χ3v) is 2.78. The summed E-state index contributed by atoms with van der Waals surface area (Å²) in [4.78, 5) is 12.9. The van der Waals surface area contributed by atoms with Crippen molar-refractivity contribution in [3.8, 4) is 5.75 Å². The maximum atomic E-state index is 12.1. The molecular formula is C12H12F3NO4. The van der Waals surface area contributed by atoms with E-state index in [1.165, 1.54) is 6.07 Å². The van der Waals surface area contributed by atoms with Crippen molar-refractivity contribution in [2.24, 2.45) is 0 Å². The van der Waals surface area contributed by atoms with Gasteiger partial charge in [-0.2, -0.15) is 0 Å². The van der Waals surface area contributed by atoms with E-state index in [0.29, 0.717) is 32.0 Å². The standard InChI is InChI=1S/C12H12F3NO4/c13-12(14,15)20-8-1-2-10(9(7-8)11(17)18)16-3-5-19-6-4-16/h1-2,7H,3-6H2,(H,17,18). The lowest BCUT2D eigenvalue weighted by Gasteiger charge is -2.30. The number of carboxylic acids is 1. The first kappa shape index (κ1) is 14.4. The van der Waals surface area contributed by atoms with Crippen molar-refractivity contribution in [3.63, 3.8) is 0 Å². The maximum Gasteiger partial charge on any atom is 0.573 e. The molecular weight excluding hydrogens is 279 g/mol. The molecule has 1 aromatic carbocycles. The van der Waals surface area contributed by atoms with Crippen LogP contribution in [0.3, 0.4) is 0 Å². The van der Waals surface area contributed by atoms with Crippen molar-refractivity contribution >= 4 is 11.7 Å². The molecule has 1 aliphatic rings. The van der Waals surface area contributed by atoms with Gasteiger partial charge in [0.25, 0.3) is 0 Å². The fourth-order valence-electron chi connectivity index (χ4n) is 1.96. The summed E-state index contributed by atoms with van der Waals surface area (Å²) in [6, 6.07) is 3.29. The number of alkyl halides is 3. The Morgan fingerprint density at radius 2 is 1.95 bits per heavy atom. The van der Waals surface area contributed by atoms with E-state index in [4.69, 9.17) is 9.84 Å². The van der Waals surface area contributed by atoms with Crippen LogP contribution in [0.5, 0.6) is 5.75 Å². The Morgan fingerprint density at radius 1 is 1.30 bits per heavy atom. The molecule has 2 rings (SSSR count). The lowest BCUT2D eigenvalue weighted by molar-refractivity contribution is -0.274. The monoisotopic (exact) mass is 291 g/mol. The van der Waals surface area contributed by atoms with Crippen LogP contribution in [0.1, 0.15) is 10.4 Å². The van der Waals surface area contributed by atoms with Gasteiger partial charge >= 0.3 is 12.3 Å². The van der Waals surface area contributed by atoms with E-state index in [2.05, 4.69) is 4.74 Å². The summed E-state index contributed by atoms with van der Waals surface area (Å²) >= 11 is 0. The summed E-state index contributed by atoms with van der Waals surface area (Å²) in [5, 5.41) is 9.12. The van der Waals surface area contributed by atoms with Gasteiger partial charge < -0.3 is 19.5 Å². The highest BCUT2D eigenvalue weighted by atomic mass is 19.4. The van der Waals surface area contributed by atoms with Crippen LogP contribution in [0.25, 0.3) is 0 Å². The first-order valence-corrected chi connectivity index (χ1v) is 5.82. The number of hydrogen-bond donors (Lipinski definition) is 1. The fourth-order valence-corrected chi connectivity index (χ4v) is 1.96. The number of aromatic carboxylic acids is 1. The molecule has 0 spiro atoms. The summed E-state index contributed by atoms with van der Waals surface area (Å²) in [6.07, 6.45) is -4.85. The molecule has 0 saturated carbocycles. The molecule has 1 aliphatic heterocycles. The number of carbonyl (C=O) groups is 1. The molecule has 0 aliphatic carbocycles. The molecule has 1 aromatic rings. The van der Waals surface area contributed by atoms with Gasteiger partial charge in [0.1, 0.15) is 5.75 Å². The predicted octanol–water partition coefficient (Wildman–Crippen LogP) is 2.12. The van der Waals surface area contributed by atoms with Crippen molar-refractivity contribution in [2.45, 2.75) is 6.36 Å². The molecule has 5 nitrogen and oxygen atoms in total. The van der Waals surface area contributed by atoms with E-state index in [1.807, 2.05) is 0 Å². The van der Waals surface area contributed by atoms with Crippen LogP contribution in [-0.2, 0) is 4.74 Å². The molecule has 1 N–H and O–H groups in total. The normalized spacial score (nSPS) is 16.1. The van der Waals surface area contributed by atoms with Crippen LogP contribution in [0.2, 0.25) is 0 Å². The number of halogens is 3. The van der Waals surface area contributed by atoms with Crippen molar-refractivity contribution in [1.82, 2.24) is 0 Å². The van der Waals surface area contributed by atoms with Gasteiger partial charge in [-0.05, 0) is 18.2 Å². The van der Waals surface area contributed by atoms with Gasteiger partial charge in [0.2, 0.25) is 0 Å². The summed E-state index contributed by atoms with van der Waals surface area (Å²) in [5.41, 5.74) is 0.129. The Hall–Kier alpha value is -1.96. The number of rotatable bonds is 3. The Kier molecular flexibility index (Phi) is 4.03. The summed E-state index contributed by atoms with van der Waals surface area (Å²) in [6.45, 7) is 1.86. The van der Waals surface area contributed by atoms with E-state index in [0.717, 1.165) is 12.1 Å². The smallest absolute Gasteiger partial charge is 0.478 e. The topological polar surface area (TPSA) is 59.0 Å². The SMILES string of the molecule is O=C(O)c1cc(OC(F)(F)F)ccc1N1CCOCC1. The quantitative estimate of drug-likeness (QED) is 0.924. The largest absolute Gasteiger partial charge is 0.573 e. The van der Waals surface area contributed by atoms with E-state index in [-0.39, 0.29) is 5.56 Å². The molecule has 1 saturated heterocycles. The minimum atomic E-state index is -4.85. The zero-order valence-electron chi connectivity index (χ0n) is 10.3. The molecule has 1 fully saturated rings. The van der Waals surface area contributed by atoms with Gasteiger partial charge in [-0.1, -0.05) is 0 Å². The molecule has 0 amide bonds. The molecule has 110 valence electrons. The van der Waals surface area contributed by atoms with Crippen molar-refractivity contribution in [3.05, 3.63) is 23.8 Å². The number of carboxylic acid groups (broad SMARTS) is 1. The third-order valence-electron chi connectivity index (χ3n) is 2.78. The number of anilines is 1. The number of ether oxygens (including phenoxy) is 2. The van der Waals surface area contributed by atoms with Crippen molar-refractivity contribution in [1.29, 1.82) is 0 Å². The maximum absolute atomic E-state index is 12.1. The van der Waals surface area contributed by atoms with Gasteiger partial charge in [0.05, 0.1) is 24.5 Å². The number of morpholine rings is 1. The van der Waals surface area contributed by atoms with Crippen LogP contribution in [-0.4, -0.2) is 43.7 Å². The minimum Gasteiger partial charge on any atom is -0.478 e. The lowest BCUT2D eigenvalue weighted by Crippen LogP contribution is -2.37. The minimum absolute atomic E-state index is 0.228. The molecule has 0 aromatic heterocycles. The van der Waals surface area contributed by atoms with E-state index in [1.54, 1.807) is 4.90 Å². The second-order valence-electron chi connectivity index (χ2n) is 4.13. The first-order chi connectivity index (χ1) is 9.37. The molecule has 0 bridgehead atoms. The highest BCUT2D eigenvalue weighted by Crippen LogP contribution is 2.29. The third kappa shape index (κ3) is 3.53. The van der Waals surface area contributed by atoms with Gasteiger partial charge in [-0.3, -0.25) is 0 Å². The number of hydrogen-bond acceptors (Lipinski definition) is 4. The predicted molar refractivity (Wildman–Crippen MR) is 63.1 cm³/mol. The van der Waals surface area contributed by atoms with E-state index in [9.17, 15) is 18.0 Å². The molecule has 0 radical (unpaired) electrons. The molecule has 20 heavy (non-hydrogen) atoms. The molecule has 0 atom stereocenters. The molecule has 8 heteroatoms. The second-order valence-corrected chi connectivity index (χ2v) is 4.13.